The van der Waals surface area contributed by atoms with E-state index in [0.717, 1.165) is 38.1 Å². The van der Waals surface area contributed by atoms with Crippen molar-refractivity contribution in [1.29, 1.82) is 0 Å². The van der Waals surface area contributed by atoms with Crippen LogP contribution in [-0.2, 0) is 10.9 Å². The third-order valence-corrected chi connectivity index (χ3v) is 5.08. The van der Waals surface area contributed by atoms with E-state index in [1.807, 2.05) is 0 Å². The first-order valence-corrected chi connectivity index (χ1v) is 9.47. The van der Waals surface area contributed by atoms with Crippen molar-refractivity contribution >= 4 is 11.2 Å². The molecule has 0 N–H and O–H groups in total. The minimum atomic E-state index is -4.49. The van der Waals surface area contributed by atoms with Gasteiger partial charge in [0, 0.05) is 19.2 Å². The second kappa shape index (κ2) is 8.15. The van der Waals surface area contributed by atoms with E-state index in [-0.39, 0.29) is 18.6 Å². The number of benzene rings is 1. The molecular formula is C19H21F3N6O2. The Hall–Kier alpha value is -2.79. The second-order valence-corrected chi connectivity index (χ2v) is 7.29. The first-order chi connectivity index (χ1) is 14.4. The maximum Gasteiger partial charge on any atom is 0.416 e. The Balaban J connectivity index is 1.71. The normalized spacial score (nSPS) is 18.1. The maximum absolute atomic E-state index is 13.1. The minimum absolute atomic E-state index is 0.00150. The Morgan fingerprint density at radius 1 is 1.17 bits per heavy atom. The Kier molecular flexibility index (Phi) is 5.56. The lowest BCUT2D eigenvalue weighted by Gasteiger charge is -2.29. The van der Waals surface area contributed by atoms with Gasteiger partial charge in [-0.2, -0.15) is 13.2 Å². The first kappa shape index (κ1) is 20.5. The van der Waals surface area contributed by atoms with E-state index < -0.39 is 11.7 Å². The van der Waals surface area contributed by atoms with E-state index in [4.69, 9.17) is 9.47 Å². The summed E-state index contributed by atoms with van der Waals surface area (Å²) in [7, 11) is 3.45. The van der Waals surface area contributed by atoms with E-state index in [0.29, 0.717) is 22.4 Å². The molecule has 3 aromatic rings. The van der Waals surface area contributed by atoms with Crippen molar-refractivity contribution < 1.29 is 22.6 Å². The van der Waals surface area contributed by atoms with Crippen molar-refractivity contribution in [3.63, 3.8) is 0 Å². The van der Waals surface area contributed by atoms with Crippen LogP contribution in [0.1, 0.15) is 24.4 Å². The Labute approximate surface area is 170 Å². The van der Waals surface area contributed by atoms with Gasteiger partial charge in [-0.3, -0.25) is 0 Å². The van der Waals surface area contributed by atoms with Gasteiger partial charge in [0.05, 0.1) is 17.3 Å². The smallest absolute Gasteiger partial charge is 0.416 e. The van der Waals surface area contributed by atoms with Gasteiger partial charge >= 0.3 is 6.18 Å². The molecule has 2 aromatic heterocycles. The van der Waals surface area contributed by atoms with E-state index >= 15 is 0 Å². The summed E-state index contributed by atoms with van der Waals surface area (Å²) in [6, 6.07) is 5.02. The zero-order valence-corrected chi connectivity index (χ0v) is 16.6. The van der Waals surface area contributed by atoms with Gasteiger partial charge in [0.15, 0.2) is 6.79 Å². The maximum atomic E-state index is 13.1. The van der Waals surface area contributed by atoms with Crippen LogP contribution in [0.3, 0.4) is 0 Å². The number of nitrogens with zero attached hydrogens (tertiary/aromatic N) is 6. The van der Waals surface area contributed by atoms with E-state index in [1.165, 1.54) is 13.2 Å². The predicted molar refractivity (Wildman–Crippen MR) is 102 cm³/mol. The van der Waals surface area contributed by atoms with Crippen LogP contribution in [0.5, 0.6) is 5.75 Å². The third-order valence-electron chi connectivity index (χ3n) is 5.08. The highest BCUT2D eigenvalue weighted by Crippen LogP contribution is 2.37. The Morgan fingerprint density at radius 2 is 2.00 bits per heavy atom. The van der Waals surface area contributed by atoms with Crippen LogP contribution in [0.4, 0.5) is 13.2 Å². The van der Waals surface area contributed by atoms with E-state index in [2.05, 4.69) is 32.5 Å². The molecule has 0 saturated carbocycles. The monoisotopic (exact) mass is 422 g/mol. The van der Waals surface area contributed by atoms with Crippen LogP contribution in [0.25, 0.3) is 22.4 Å². The molecule has 0 bridgehead atoms. The number of methoxy groups -OCH3 is 1. The number of ether oxygens (including phenoxy) is 2. The molecule has 1 aliphatic rings. The van der Waals surface area contributed by atoms with Crippen molar-refractivity contribution in [2.24, 2.45) is 0 Å². The van der Waals surface area contributed by atoms with E-state index in [1.54, 1.807) is 10.7 Å². The molecule has 30 heavy (non-hydrogen) atoms. The molecule has 4 rings (SSSR count). The lowest BCUT2D eigenvalue weighted by molar-refractivity contribution is -0.137. The number of piperidine rings is 1. The molecule has 11 heteroatoms. The predicted octanol–water partition coefficient (Wildman–Crippen LogP) is 3.16. The lowest BCUT2D eigenvalue weighted by Crippen LogP contribution is -2.34. The summed E-state index contributed by atoms with van der Waals surface area (Å²) in [5, 5.41) is 16.9. The fraction of sp³-hybridized carbons (Fsp3) is 0.474. The quantitative estimate of drug-likeness (QED) is 0.585. The van der Waals surface area contributed by atoms with Gasteiger partial charge in [-0.25, -0.2) is 4.68 Å². The van der Waals surface area contributed by atoms with Crippen LogP contribution in [0.15, 0.2) is 24.3 Å². The molecule has 1 aromatic carbocycles. The molecule has 0 spiro atoms. The zero-order valence-electron chi connectivity index (χ0n) is 16.6. The summed E-state index contributed by atoms with van der Waals surface area (Å²) in [4.78, 5) is 2.23. The van der Waals surface area contributed by atoms with Crippen molar-refractivity contribution in [3.05, 3.63) is 29.8 Å². The largest absolute Gasteiger partial charge is 0.467 e. The highest BCUT2D eigenvalue weighted by atomic mass is 19.4. The van der Waals surface area contributed by atoms with Crippen molar-refractivity contribution in [3.8, 4) is 17.0 Å². The SMILES string of the molecule is COCOc1cc(C(F)(F)F)ccc1-c1cc2nnn([C@@H]3CCCN(C)C3)c2nn1. The van der Waals surface area contributed by atoms with Crippen molar-refractivity contribution in [2.75, 3.05) is 34.0 Å². The van der Waals surface area contributed by atoms with Gasteiger partial charge in [0.25, 0.3) is 0 Å². The van der Waals surface area contributed by atoms with Crippen molar-refractivity contribution in [1.82, 2.24) is 30.1 Å². The first-order valence-electron chi connectivity index (χ1n) is 9.47. The Bertz CT molecular complexity index is 1040. The number of likely N-dealkylation sites (tertiary alicyclic amines) is 1. The summed E-state index contributed by atoms with van der Waals surface area (Å²) in [6.07, 6.45) is -2.46. The fourth-order valence-corrected chi connectivity index (χ4v) is 3.62. The molecule has 1 aliphatic heterocycles. The summed E-state index contributed by atoms with van der Waals surface area (Å²) >= 11 is 0. The van der Waals surface area contributed by atoms with Gasteiger partial charge in [0.1, 0.15) is 11.3 Å². The topological polar surface area (TPSA) is 78.2 Å². The summed E-state index contributed by atoms with van der Waals surface area (Å²) in [5.41, 5.74) is 0.950. The molecule has 1 fully saturated rings. The van der Waals surface area contributed by atoms with Gasteiger partial charge in [0.2, 0.25) is 5.65 Å². The number of likely N-dealkylation sites (N-methyl/N-ethyl adjacent to an activating group) is 1. The molecule has 160 valence electrons. The zero-order chi connectivity index (χ0) is 21.3. The minimum Gasteiger partial charge on any atom is -0.467 e. The molecule has 0 unspecified atom stereocenters. The van der Waals surface area contributed by atoms with Crippen LogP contribution in [0.2, 0.25) is 0 Å². The fourth-order valence-electron chi connectivity index (χ4n) is 3.62. The highest BCUT2D eigenvalue weighted by molar-refractivity contribution is 5.77. The molecule has 1 saturated heterocycles. The van der Waals surface area contributed by atoms with Crippen LogP contribution in [0, 0.1) is 0 Å². The van der Waals surface area contributed by atoms with E-state index in [9.17, 15) is 13.2 Å². The number of aromatic nitrogens is 5. The number of fused-ring (bicyclic) bond motifs is 1. The van der Waals surface area contributed by atoms with Gasteiger partial charge in [-0.1, -0.05) is 5.21 Å². The van der Waals surface area contributed by atoms with Crippen LogP contribution >= 0.6 is 0 Å². The third kappa shape index (κ3) is 4.08. The number of hydrogen-bond acceptors (Lipinski definition) is 7. The molecule has 3 heterocycles. The molecule has 0 amide bonds. The van der Waals surface area contributed by atoms with Crippen molar-refractivity contribution in [2.45, 2.75) is 25.1 Å². The average molecular weight is 422 g/mol. The summed E-state index contributed by atoms with van der Waals surface area (Å²) in [6.45, 7) is 1.68. The number of hydrogen-bond donors (Lipinski definition) is 0. The molecular weight excluding hydrogens is 401 g/mol. The number of halogens is 3. The molecule has 0 radical (unpaired) electrons. The lowest BCUT2D eigenvalue weighted by atomic mass is 10.1. The molecule has 8 nitrogen and oxygen atoms in total. The van der Waals surface area contributed by atoms with Gasteiger partial charge in [-0.05, 0) is 50.7 Å². The highest BCUT2D eigenvalue weighted by Gasteiger charge is 2.32. The number of alkyl halides is 3. The van der Waals surface area contributed by atoms with Gasteiger partial charge < -0.3 is 14.4 Å². The summed E-state index contributed by atoms with van der Waals surface area (Å²) < 4.78 is 51.3. The summed E-state index contributed by atoms with van der Waals surface area (Å²) in [5.74, 6) is 0.00150. The van der Waals surface area contributed by atoms with Crippen LogP contribution in [-0.4, -0.2) is 64.1 Å². The molecule has 0 aliphatic carbocycles. The standard InChI is InChI=1S/C19H21F3N6O2/c1-27-7-3-4-13(10-27)28-18-16(24-26-28)9-15(23-25-18)14-6-5-12(19(20,21)22)8-17(14)30-11-29-2/h5-6,8-9,13H,3-4,7,10-11H2,1-2H3/t13-/m1/s1. The average Bonchev–Trinajstić information content (AvgIpc) is 3.14. The van der Waals surface area contributed by atoms with Gasteiger partial charge in [-0.15, -0.1) is 15.3 Å². The second-order valence-electron chi connectivity index (χ2n) is 7.29. The van der Waals surface area contributed by atoms with Crippen LogP contribution < -0.4 is 4.74 Å². The number of rotatable bonds is 5. The Morgan fingerprint density at radius 3 is 2.73 bits per heavy atom. The molecule has 1 atom stereocenters.